The van der Waals surface area contributed by atoms with Gasteiger partial charge in [0.1, 0.15) is 12.6 Å². The predicted octanol–water partition coefficient (Wildman–Crippen LogP) is 7.05. The highest BCUT2D eigenvalue weighted by Crippen LogP contribution is 2.35. The zero-order valence-electron chi connectivity index (χ0n) is 25.3. The predicted molar refractivity (Wildman–Crippen MR) is 181 cm³/mol. The fourth-order valence-corrected chi connectivity index (χ4v) is 6.88. The maximum Gasteiger partial charge on any atom is 0.264 e. The van der Waals surface area contributed by atoms with Crippen molar-refractivity contribution < 1.29 is 18.0 Å². The molecular formula is C35H37Cl2N3O4S. The second-order valence-corrected chi connectivity index (χ2v) is 13.4. The molecule has 1 unspecified atom stereocenters. The largest absolute Gasteiger partial charge is 0.354 e. The van der Waals surface area contributed by atoms with Crippen molar-refractivity contribution in [2.75, 3.05) is 17.4 Å². The van der Waals surface area contributed by atoms with Crippen molar-refractivity contribution in [3.63, 3.8) is 0 Å². The van der Waals surface area contributed by atoms with Gasteiger partial charge in [-0.25, -0.2) is 8.42 Å². The van der Waals surface area contributed by atoms with Crippen LogP contribution in [0.25, 0.3) is 0 Å². The lowest BCUT2D eigenvalue weighted by Gasteiger charge is -2.34. The Morgan fingerprint density at radius 2 is 1.49 bits per heavy atom. The van der Waals surface area contributed by atoms with E-state index in [4.69, 9.17) is 23.2 Å². The first-order valence-corrected chi connectivity index (χ1v) is 17.0. The number of amides is 2. The van der Waals surface area contributed by atoms with Crippen LogP contribution in [0.5, 0.6) is 0 Å². The smallest absolute Gasteiger partial charge is 0.264 e. The third-order valence-electron chi connectivity index (χ3n) is 7.35. The molecule has 0 aliphatic rings. The van der Waals surface area contributed by atoms with Crippen LogP contribution < -0.4 is 9.62 Å². The summed E-state index contributed by atoms with van der Waals surface area (Å²) in [4.78, 5) is 29.8. The van der Waals surface area contributed by atoms with Crippen molar-refractivity contribution >= 4 is 50.7 Å². The number of anilines is 1. The molecule has 4 aromatic carbocycles. The van der Waals surface area contributed by atoms with E-state index in [1.165, 1.54) is 23.1 Å². The van der Waals surface area contributed by atoms with Gasteiger partial charge in [0.15, 0.2) is 0 Å². The van der Waals surface area contributed by atoms with Crippen LogP contribution in [-0.2, 0) is 32.6 Å². The van der Waals surface area contributed by atoms with Gasteiger partial charge in [-0.1, -0.05) is 121 Å². The molecule has 10 heteroatoms. The summed E-state index contributed by atoms with van der Waals surface area (Å²) < 4.78 is 29.2. The molecule has 7 nitrogen and oxygen atoms in total. The van der Waals surface area contributed by atoms with Gasteiger partial charge in [0.2, 0.25) is 11.8 Å². The number of unbranched alkanes of at least 4 members (excludes halogenated alkanes) is 1. The van der Waals surface area contributed by atoms with Gasteiger partial charge >= 0.3 is 0 Å². The minimum Gasteiger partial charge on any atom is -0.354 e. The Labute approximate surface area is 275 Å². The zero-order valence-corrected chi connectivity index (χ0v) is 27.7. The number of hydrogen-bond donors (Lipinski definition) is 1. The second kappa shape index (κ2) is 15.9. The molecule has 0 spiro atoms. The highest BCUT2D eigenvalue weighted by molar-refractivity contribution is 7.92. The quantitative estimate of drug-likeness (QED) is 0.146. The standard InChI is InChI=1S/C35H37Cl2N3O4S/c1-3-4-21-38-35(42)32(23-27-14-7-5-8-15-27)39(24-28-16-11-13-26(2)22-28)33(41)25-40(31-20-12-19-30(36)34(31)37)45(43,44)29-17-9-6-10-18-29/h5-20,22,32H,3-4,21,23-25H2,1-2H3,(H,38,42). The monoisotopic (exact) mass is 665 g/mol. The molecule has 1 N–H and O–H groups in total. The van der Waals surface area contributed by atoms with Crippen molar-refractivity contribution in [2.24, 2.45) is 0 Å². The number of nitrogens with one attached hydrogen (secondary N) is 1. The number of aryl methyl sites for hydroxylation is 1. The molecule has 0 bridgehead atoms. The fraction of sp³-hybridized carbons (Fsp3) is 0.257. The van der Waals surface area contributed by atoms with Gasteiger partial charge in [0.25, 0.3) is 10.0 Å². The number of benzene rings is 4. The molecule has 45 heavy (non-hydrogen) atoms. The molecule has 0 heterocycles. The summed E-state index contributed by atoms with van der Waals surface area (Å²) in [7, 11) is -4.28. The first kappa shape index (κ1) is 34.0. The maximum atomic E-state index is 14.5. The van der Waals surface area contributed by atoms with Crippen LogP contribution in [0.1, 0.15) is 36.5 Å². The third kappa shape index (κ3) is 8.87. The van der Waals surface area contributed by atoms with E-state index in [0.717, 1.165) is 33.8 Å². The van der Waals surface area contributed by atoms with Crippen LogP contribution in [0.3, 0.4) is 0 Å². The van der Waals surface area contributed by atoms with Crippen LogP contribution in [0.15, 0.2) is 108 Å². The van der Waals surface area contributed by atoms with Gasteiger partial charge in [-0.2, -0.15) is 0 Å². The van der Waals surface area contributed by atoms with E-state index in [0.29, 0.717) is 6.54 Å². The molecule has 1 atom stereocenters. The average molecular weight is 667 g/mol. The fourth-order valence-electron chi connectivity index (χ4n) is 4.99. The first-order valence-electron chi connectivity index (χ1n) is 14.8. The number of rotatable bonds is 14. The SMILES string of the molecule is CCCCNC(=O)C(Cc1ccccc1)N(Cc1cccc(C)c1)C(=O)CN(c1cccc(Cl)c1Cl)S(=O)(=O)c1ccccc1. The third-order valence-corrected chi connectivity index (χ3v) is 9.93. The summed E-state index contributed by atoms with van der Waals surface area (Å²) in [5.41, 5.74) is 2.72. The molecule has 4 rings (SSSR count). The number of nitrogens with zero attached hydrogens (tertiary/aromatic N) is 2. The Morgan fingerprint density at radius 3 is 2.16 bits per heavy atom. The molecule has 4 aromatic rings. The van der Waals surface area contributed by atoms with E-state index in [2.05, 4.69) is 5.32 Å². The average Bonchev–Trinajstić information content (AvgIpc) is 3.04. The molecule has 0 saturated carbocycles. The maximum absolute atomic E-state index is 14.5. The van der Waals surface area contributed by atoms with Gasteiger partial charge in [-0.15, -0.1) is 0 Å². The number of halogens is 2. The molecule has 2 amide bonds. The summed E-state index contributed by atoms with van der Waals surface area (Å²) in [5.74, 6) is -0.884. The lowest BCUT2D eigenvalue weighted by molar-refractivity contribution is -0.140. The van der Waals surface area contributed by atoms with Gasteiger partial charge in [0, 0.05) is 19.5 Å². The van der Waals surface area contributed by atoms with E-state index in [-0.39, 0.29) is 39.5 Å². The zero-order chi connectivity index (χ0) is 32.4. The molecule has 0 aliphatic carbocycles. The van der Waals surface area contributed by atoms with Crippen LogP contribution in [0.2, 0.25) is 10.0 Å². The first-order chi connectivity index (χ1) is 21.6. The van der Waals surface area contributed by atoms with E-state index in [1.807, 2.05) is 68.4 Å². The van der Waals surface area contributed by atoms with Crippen LogP contribution >= 0.6 is 23.2 Å². The van der Waals surface area contributed by atoms with Crippen molar-refractivity contribution in [2.45, 2.75) is 50.6 Å². The Kier molecular flexibility index (Phi) is 12.0. The number of carbonyl (C=O) groups excluding carboxylic acids is 2. The van der Waals surface area contributed by atoms with Crippen LogP contribution in [0, 0.1) is 6.92 Å². The molecule has 0 saturated heterocycles. The minimum atomic E-state index is -4.28. The Balaban J connectivity index is 1.81. The Bertz CT molecular complexity index is 1700. The van der Waals surface area contributed by atoms with Crippen molar-refractivity contribution in [1.29, 1.82) is 0 Å². The lowest BCUT2D eigenvalue weighted by Crippen LogP contribution is -2.53. The van der Waals surface area contributed by atoms with Gasteiger partial charge < -0.3 is 10.2 Å². The normalized spacial score (nSPS) is 11.9. The molecule has 0 aliphatic heterocycles. The Morgan fingerprint density at radius 1 is 0.844 bits per heavy atom. The number of carbonyl (C=O) groups is 2. The highest BCUT2D eigenvalue weighted by atomic mass is 35.5. The summed E-state index contributed by atoms with van der Waals surface area (Å²) in [6, 6.07) is 28.6. The summed E-state index contributed by atoms with van der Waals surface area (Å²) in [6.45, 7) is 3.91. The van der Waals surface area contributed by atoms with E-state index in [9.17, 15) is 18.0 Å². The highest BCUT2D eigenvalue weighted by Gasteiger charge is 2.35. The van der Waals surface area contributed by atoms with Gasteiger partial charge in [0.05, 0.1) is 20.6 Å². The summed E-state index contributed by atoms with van der Waals surface area (Å²) in [5, 5.41) is 3.13. The summed E-state index contributed by atoms with van der Waals surface area (Å²) in [6.07, 6.45) is 1.91. The lowest BCUT2D eigenvalue weighted by atomic mass is 10.0. The minimum absolute atomic E-state index is 0.00477. The molecular weight excluding hydrogens is 629 g/mol. The van der Waals surface area contributed by atoms with E-state index >= 15 is 0 Å². The van der Waals surface area contributed by atoms with Crippen molar-refractivity contribution in [3.8, 4) is 0 Å². The van der Waals surface area contributed by atoms with Crippen molar-refractivity contribution in [1.82, 2.24) is 10.2 Å². The number of sulfonamides is 1. The second-order valence-electron chi connectivity index (χ2n) is 10.8. The van der Waals surface area contributed by atoms with Gasteiger partial charge in [-0.3, -0.25) is 13.9 Å². The molecule has 0 aromatic heterocycles. The van der Waals surface area contributed by atoms with E-state index < -0.39 is 28.5 Å². The van der Waals surface area contributed by atoms with Crippen LogP contribution in [-0.4, -0.2) is 44.3 Å². The van der Waals surface area contributed by atoms with Crippen LogP contribution in [0.4, 0.5) is 5.69 Å². The molecule has 0 fully saturated rings. The van der Waals surface area contributed by atoms with Crippen molar-refractivity contribution in [3.05, 3.63) is 130 Å². The summed E-state index contributed by atoms with van der Waals surface area (Å²) >= 11 is 12.9. The van der Waals surface area contributed by atoms with Gasteiger partial charge in [-0.05, 0) is 48.7 Å². The molecule has 0 radical (unpaired) electrons. The molecule has 236 valence electrons. The topological polar surface area (TPSA) is 86.8 Å². The van der Waals surface area contributed by atoms with E-state index in [1.54, 1.807) is 30.3 Å². The number of hydrogen-bond acceptors (Lipinski definition) is 4. The Hall–Kier alpha value is -3.85.